The van der Waals surface area contributed by atoms with Crippen LogP contribution >= 0.6 is 12.6 Å². The Hall–Kier alpha value is -0.580. The molecule has 0 aliphatic rings. The van der Waals surface area contributed by atoms with Crippen LogP contribution in [-0.4, -0.2) is 10.5 Å². The Morgan fingerprint density at radius 1 is 1.10 bits per heavy atom. The normalized spacial score (nSPS) is 10.0. The number of hydrogen-bond donors (Lipinski definition) is 2. The molecular weight excluding hydrogens is 163 g/mol. The Kier molecular flexibility index (Phi) is 4.02. The standard InChI is InChI=1S/C4H5N.CHF3S/c1-2-4-5-3-1;2-1(3,4)5/h1-5H;5H. The Labute approximate surface area is 61.7 Å². The summed E-state index contributed by atoms with van der Waals surface area (Å²) in [7, 11) is 0. The molecule has 1 aromatic heterocycles. The van der Waals surface area contributed by atoms with Gasteiger partial charge >= 0.3 is 5.51 Å². The first-order chi connectivity index (χ1) is 4.50. The molecule has 0 atom stereocenters. The molecule has 0 amide bonds. The lowest BCUT2D eigenvalue weighted by molar-refractivity contribution is -0.0303. The summed E-state index contributed by atoms with van der Waals surface area (Å²) in [6.45, 7) is 0. The van der Waals surface area contributed by atoms with Gasteiger partial charge in [0.15, 0.2) is 0 Å². The maximum absolute atomic E-state index is 10.2. The Morgan fingerprint density at radius 3 is 1.50 bits per heavy atom. The molecule has 0 saturated heterocycles. The van der Waals surface area contributed by atoms with E-state index in [2.05, 4.69) is 17.6 Å². The van der Waals surface area contributed by atoms with Gasteiger partial charge in [-0.2, -0.15) is 13.2 Å². The molecule has 1 aromatic rings. The number of nitrogens with one attached hydrogen (secondary N) is 1. The van der Waals surface area contributed by atoms with Gasteiger partial charge in [-0.1, -0.05) is 12.6 Å². The van der Waals surface area contributed by atoms with Crippen LogP contribution < -0.4 is 0 Å². The number of thiol groups is 1. The van der Waals surface area contributed by atoms with Gasteiger partial charge in [0.2, 0.25) is 0 Å². The second kappa shape index (κ2) is 4.27. The minimum absolute atomic E-state index is 1.88. The zero-order valence-electron chi connectivity index (χ0n) is 4.89. The number of hydrogen-bond acceptors (Lipinski definition) is 1. The van der Waals surface area contributed by atoms with E-state index in [0.717, 1.165) is 0 Å². The molecule has 0 aliphatic carbocycles. The first kappa shape index (κ1) is 9.42. The van der Waals surface area contributed by atoms with Crippen LogP contribution in [0.1, 0.15) is 0 Å². The van der Waals surface area contributed by atoms with Crippen LogP contribution in [0.2, 0.25) is 0 Å². The quantitative estimate of drug-likeness (QED) is 0.555. The number of rotatable bonds is 0. The molecule has 1 nitrogen and oxygen atoms in total. The zero-order valence-corrected chi connectivity index (χ0v) is 5.78. The van der Waals surface area contributed by atoms with Gasteiger partial charge in [-0.15, -0.1) is 0 Å². The molecule has 10 heavy (non-hydrogen) atoms. The minimum Gasteiger partial charge on any atom is -0.368 e. The van der Waals surface area contributed by atoms with Crippen LogP contribution in [0.15, 0.2) is 24.5 Å². The fraction of sp³-hybridized carbons (Fsp3) is 0.200. The predicted octanol–water partition coefficient (Wildman–Crippen LogP) is 2.45. The van der Waals surface area contributed by atoms with E-state index in [-0.39, 0.29) is 0 Å². The first-order valence-electron chi connectivity index (χ1n) is 2.37. The SMILES string of the molecule is FC(F)(F)S.c1cc[nH]c1. The summed E-state index contributed by atoms with van der Waals surface area (Å²) in [6, 6.07) is 3.89. The summed E-state index contributed by atoms with van der Waals surface area (Å²) in [5.74, 6) is 0. The molecule has 58 valence electrons. The van der Waals surface area contributed by atoms with Crippen LogP contribution in [0.25, 0.3) is 0 Å². The van der Waals surface area contributed by atoms with Gasteiger partial charge in [0.1, 0.15) is 0 Å². The van der Waals surface area contributed by atoms with Crippen molar-refractivity contribution in [2.75, 3.05) is 0 Å². The molecule has 1 rings (SSSR count). The highest BCUT2D eigenvalue weighted by molar-refractivity contribution is 7.81. The summed E-state index contributed by atoms with van der Waals surface area (Å²) in [5.41, 5.74) is -4.31. The highest BCUT2D eigenvalue weighted by atomic mass is 32.1. The van der Waals surface area contributed by atoms with Crippen LogP contribution in [-0.2, 0) is 0 Å². The van der Waals surface area contributed by atoms with Crippen molar-refractivity contribution in [3.05, 3.63) is 24.5 Å². The number of halogens is 3. The Bertz CT molecular complexity index is 123. The molecular formula is C5H6F3NS. The molecule has 0 saturated carbocycles. The molecule has 5 heteroatoms. The second-order valence-corrected chi connectivity index (χ2v) is 1.86. The summed E-state index contributed by atoms with van der Waals surface area (Å²) >= 11 is 2.12. The van der Waals surface area contributed by atoms with E-state index in [1.54, 1.807) is 0 Å². The third kappa shape index (κ3) is 15.7. The maximum Gasteiger partial charge on any atom is 0.438 e. The smallest absolute Gasteiger partial charge is 0.368 e. The van der Waals surface area contributed by atoms with Gasteiger partial charge in [0, 0.05) is 12.4 Å². The highest BCUT2D eigenvalue weighted by Crippen LogP contribution is 2.17. The van der Waals surface area contributed by atoms with Crippen LogP contribution in [0, 0.1) is 0 Å². The molecule has 0 aliphatic heterocycles. The average Bonchev–Trinajstić information content (AvgIpc) is 2.07. The highest BCUT2D eigenvalue weighted by Gasteiger charge is 2.17. The van der Waals surface area contributed by atoms with E-state index in [0.29, 0.717) is 0 Å². The molecule has 0 unspecified atom stereocenters. The fourth-order valence-electron chi connectivity index (χ4n) is 0.278. The molecule has 0 bridgehead atoms. The van der Waals surface area contributed by atoms with E-state index in [1.807, 2.05) is 24.5 Å². The topological polar surface area (TPSA) is 15.8 Å². The number of aromatic nitrogens is 1. The Morgan fingerprint density at radius 2 is 1.40 bits per heavy atom. The first-order valence-corrected chi connectivity index (χ1v) is 2.82. The van der Waals surface area contributed by atoms with E-state index in [1.165, 1.54) is 0 Å². The largest absolute Gasteiger partial charge is 0.438 e. The van der Waals surface area contributed by atoms with E-state index in [4.69, 9.17) is 0 Å². The van der Waals surface area contributed by atoms with Gasteiger partial charge in [-0.05, 0) is 12.1 Å². The fourth-order valence-corrected chi connectivity index (χ4v) is 0.278. The zero-order chi connectivity index (χ0) is 8.04. The average molecular weight is 169 g/mol. The van der Waals surface area contributed by atoms with E-state index in [9.17, 15) is 13.2 Å². The van der Waals surface area contributed by atoms with Crippen molar-refractivity contribution in [3.8, 4) is 0 Å². The van der Waals surface area contributed by atoms with E-state index < -0.39 is 5.51 Å². The van der Waals surface area contributed by atoms with E-state index >= 15 is 0 Å². The number of H-pyrrole nitrogens is 1. The lowest BCUT2D eigenvalue weighted by atomic mass is 10.7. The lowest BCUT2D eigenvalue weighted by Gasteiger charge is -1.87. The van der Waals surface area contributed by atoms with Crippen LogP contribution in [0.5, 0.6) is 0 Å². The minimum atomic E-state index is -4.31. The van der Waals surface area contributed by atoms with Gasteiger partial charge < -0.3 is 4.98 Å². The van der Waals surface area contributed by atoms with Crippen molar-refractivity contribution < 1.29 is 13.2 Å². The van der Waals surface area contributed by atoms with Crippen molar-refractivity contribution in [1.82, 2.24) is 4.98 Å². The summed E-state index contributed by atoms with van der Waals surface area (Å²) < 4.78 is 30.7. The molecule has 0 radical (unpaired) electrons. The monoisotopic (exact) mass is 169 g/mol. The molecule has 0 aromatic carbocycles. The van der Waals surface area contributed by atoms with Crippen molar-refractivity contribution in [2.45, 2.75) is 5.51 Å². The number of aromatic amines is 1. The van der Waals surface area contributed by atoms with Crippen LogP contribution in [0.3, 0.4) is 0 Å². The van der Waals surface area contributed by atoms with Gasteiger partial charge in [-0.3, -0.25) is 0 Å². The van der Waals surface area contributed by atoms with Gasteiger partial charge in [0.25, 0.3) is 0 Å². The molecule has 0 spiro atoms. The van der Waals surface area contributed by atoms with Gasteiger partial charge in [0.05, 0.1) is 0 Å². The van der Waals surface area contributed by atoms with Crippen molar-refractivity contribution in [3.63, 3.8) is 0 Å². The summed E-state index contributed by atoms with van der Waals surface area (Å²) in [6.07, 6.45) is 3.75. The summed E-state index contributed by atoms with van der Waals surface area (Å²) in [4.78, 5) is 2.86. The van der Waals surface area contributed by atoms with Crippen molar-refractivity contribution in [1.29, 1.82) is 0 Å². The number of alkyl halides is 3. The Balaban J connectivity index is 0.000000162. The van der Waals surface area contributed by atoms with Crippen molar-refractivity contribution >= 4 is 12.6 Å². The third-order valence-electron chi connectivity index (χ3n) is 0.496. The van der Waals surface area contributed by atoms with Gasteiger partial charge in [-0.25, -0.2) is 0 Å². The summed E-state index contributed by atoms with van der Waals surface area (Å²) in [5, 5.41) is 0. The molecule has 1 heterocycles. The second-order valence-electron chi connectivity index (χ2n) is 1.35. The molecule has 0 fully saturated rings. The molecule has 1 N–H and O–H groups in total. The third-order valence-corrected chi connectivity index (χ3v) is 0.496. The van der Waals surface area contributed by atoms with Crippen LogP contribution in [0.4, 0.5) is 13.2 Å². The lowest BCUT2D eigenvalue weighted by Crippen LogP contribution is -1.89. The predicted molar refractivity (Wildman–Crippen MR) is 35.8 cm³/mol. The van der Waals surface area contributed by atoms with Crippen molar-refractivity contribution in [2.24, 2.45) is 0 Å². The maximum atomic E-state index is 10.2.